The molecule has 0 radical (unpaired) electrons. The number of nitrogens with zero attached hydrogens (tertiary/aromatic N) is 1. The largest absolute Gasteiger partial charge is 0.472 e. The second-order valence-electron chi connectivity index (χ2n) is 14.3. The lowest BCUT2D eigenvalue weighted by Crippen LogP contribution is -2.37. The quantitative estimate of drug-likeness (QED) is 0.0230. The molecule has 0 heterocycles. The molecule has 0 spiro atoms. The van der Waals surface area contributed by atoms with Crippen LogP contribution in [0.25, 0.3) is 0 Å². The number of likely N-dealkylation sites (N-methyl/N-ethyl adjacent to an activating group) is 1. The first kappa shape index (κ1) is 46.2. The lowest BCUT2D eigenvalue weighted by Gasteiger charge is -2.24. The maximum Gasteiger partial charge on any atom is 0.472 e. The van der Waals surface area contributed by atoms with Crippen molar-refractivity contribution in [1.29, 1.82) is 0 Å². The SMILES string of the molecule is CCCCCCCC/C=C\CCCCCCCC(=O)OC(COCCCCCCCCCCCC)COP(=O)(O)OCC[N+](C)(C)C. The molecule has 1 N–H and O–H groups in total. The van der Waals surface area contributed by atoms with Gasteiger partial charge in [0.25, 0.3) is 0 Å². The Morgan fingerprint density at radius 2 is 1.11 bits per heavy atom. The number of allylic oxidation sites excluding steroid dienone is 2. The Kier molecular flexibility index (Phi) is 31.9. The maximum atomic E-state index is 12.6. The topological polar surface area (TPSA) is 91.3 Å². The Balaban J connectivity index is 4.28. The summed E-state index contributed by atoms with van der Waals surface area (Å²) in [6.07, 6.45) is 32.3. The number of quaternary nitrogens is 1. The van der Waals surface area contributed by atoms with Crippen molar-refractivity contribution in [3.63, 3.8) is 0 Å². The average molecular weight is 691 g/mol. The Morgan fingerprint density at radius 1 is 0.638 bits per heavy atom. The molecule has 0 saturated heterocycles. The normalized spacial score (nSPS) is 14.1. The van der Waals surface area contributed by atoms with Gasteiger partial charge in [0.1, 0.15) is 19.3 Å². The van der Waals surface area contributed by atoms with Gasteiger partial charge in [-0.15, -0.1) is 0 Å². The van der Waals surface area contributed by atoms with E-state index in [9.17, 15) is 14.3 Å². The monoisotopic (exact) mass is 691 g/mol. The number of hydrogen-bond acceptors (Lipinski definition) is 6. The predicted molar refractivity (Wildman–Crippen MR) is 197 cm³/mol. The summed E-state index contributed by atoms with van der Waals surface area (Å²) < 4.78 is 34.8. The fraction of sp³-hybridized carbons (Fsp3) is 0.921. The van der Waals surface area contributed by atoms with Crippen molar-refractivity contribution in [2.75, 3.05) is 54.1 Å². The van der Waals surface area contributed by atoms with Crippen molar-refractivity contribution in [2.45, 2.75) is 174 Å². The van der Waals surface area contributed by atoms with E-state index in [0.717, 1.165) is 38.5 Å². The molecule has 0 fully saturated rings. The second-order valence-corrected chi connectivity index (χ2v) is 15.8. The van der Waals surface area contributed by atoms with Gasteiger partial charge in [-0.05, 0) is 38.5 Å². The molecule has 280 valence electrons. The lowest BCUT2D eigenvalue weighted by atomic mass is 10.1. The van der Waals surface area contributed by atoms with Gasteiger partial charge in [0.15, 0.2) is 0 Å². The van der Waals surface area contributed by atoms with Gasteiger partial charge in [0, 0.05) is 13.0 Å². The molecule has 2 atom stereocenters. The molecule has 0 aromatic heterocycles. The summed E-state index contributed by atoms with van der Waals surface area (Å²) in [7, 11) is 1.67. The number of phosphoric acid groups is 1. The molecule has 9 heteroatoms. The standard InChI is InChI=1S/C38H76NO7P/c1-6-8-10-12-14-16-18-19-20-21-22-23-25-27-29-31-38(40)46-37(36-45-47(41,42)44-34-32-39(3,4)5)35-43-33-30-28-26-24-17-15-13-11-9-7-2/h19-20,37H,6-18,21-36H2,1-5H3/p+1/b20-19-. The van der Waals surface area contributed by atoms with Crippen LogP contribution in [0.1, 0.15) is 168 Å². The Morgan fingerprint density at radius 3 is 1.62 bits per heavy atom. The first-order valence-electron chi connectivity index (χ1n) is 19.4. The van der Waals surface area contributed by atoms with Crippen molar-refractivity contribution in [1.82, 2.24) is 0 Å². The molecular formula is C38H77NO7P+. The fourth-order valence-corrected chi connectivity index (χ4v) is 5.99. The Hall–Kier alpha value is -0.760. The summed E-state index contributed by atoms with van der Waals surface area (Å²) in [5.74, 6) is -0.322. The lowest BCUT2D eigenvalue weighted by molar-refractivity contribution is -0.870. The minimum Gasteiger partial charge on any atom is -0.457 e. The van der Waals surface area contributed by atoms with Crippen LogP contribution < -0.4 is 0 Å². The molecule has 0 rings (SSSR count). The highest BCUT2D eigenvalue weighted by Crippen LogP contribution is 2.43. The zero-order chi connectivity index (χ0) is 34.9. The smallest absolute Gasteiger partial charge is 0.457 e. The van der Waals surface area contributed by atoms with E-state index in [-0.39, 0.29) is 25.8 Å². The van der Waals surface area contributed by atoms with Crippen LogP contribution in [0.3, 0.4) is 0 Å². The summed E-state index contributed by atoms with van der Waals surface area (Å²) in [4.78, 5) is 22.7. The highest BCUT2D eigenvalue weighted by molar-refractivity contribution is 7.47. The van der Waals surface area contributed by atoms with Gasteiger partial charge in [0.2, 0.25) is 0 Å². The second kappa shape index (κ2) is 32.4. The van der Waals surface area contributed by atoms with E-state index in [1.807, 2.05) is 21.1 Å². The third-order valence-corrected chi connectivity index (χ3v) is 9.31. The minimum absolute atomic E-state index is 0.0897. The van der Waals surface area contributed by atoms with E-state index in [0.29, 0.717) is 24.1 Å². The highest BCUT2D eigenvalue weighted by Gasteiger charge is 2.26. The number of rotatable bonds is 36. The number of hydrogen-bond donors (Lipinski definition) is 1. The molecule has 47 heavy (non-hydrogen) atoms. The van der Waals surface area contributed by atoms with Gasteiger partial charge in [-0.25, -0.2) is 4.57 Å². The third-order valence-electron chi connectivity index (χ3n) is 8.33. The van der Waals surface area contributed by atoms with Crippen LogP contribution in [-0.4, -0.2) is 75.6 Å². The number of unbranched alkanes of at least 4 members (excludes halogenated alkanes) is 20. The molecule has 0 saturated carbocycles. The summed E-state index contributed by atoms with van der Waals surface area (Å²) in [5, 5.41) is 0. The number of esters is 1. The van der Waals surface area contributed by atoms with E-state index in [2.05, 4.69) is 26.0 Å². The van der Waals surface area contributed by atoms with E-state index in [1.54, 1.807) is 0 Å². The Bertz CT molecular complexity index is 772. The molecule has 0 aromatic carbocycles. The summed E-state index contributed by atoms with van der Waals surface area (Å²) in [6.45, 7) is 5.61. The van der Waals surface area contributed by atoms with Crippen molar-refractivity contribution in [3.05, 3.63) is 12.2 Å². The zero-order valence-corrected chi connectivity index (χ0v) is 32.4. The molecule has 0 aliphatic carbocycles. The maximum absolute atomic E-state index is 12.6. The van der Waals surface area contributed by atoms with Crippen LogP contribution in [-0.2, 0) is 27.9 Å². The van der Waals surface area contributed by atoms with Crippen molar-refractivity contribution in [2.24, 2.45) is 0 Å². The van der Waals surface area contributed by atoms with Crippen molar-refractivity contribution >= 4 is 13.8 Å². The van der Waals surface area contributed by atoms with Crippen LogP contribution in [0.5, 0.6) is 0 Å². The summed E-state index contributed by atoms with van der Waals surface area (Å²) >= 11 is 0. The predicted octanol–water partition coefficient (Wildman–Crippen LogP) is 10.7. The molecule has 0 aromatic rings. The van der Waals surface area contributed by atoms with Crippen molar-refractivity contribution < 1.29 is 37.3 Å². The van der Waals surface area contributed by atoms with Gasteiger partial charge in [-0.2, -0.15) is 0 Å². The molecule has 2 unspecified atom stereocenters. The van der Waals surface area contributed by atoms with Crippen LogP contribution in [0.2, 0.25) is 0 Å². The number of carbonyl (C=O) groups is 1. The van der Waals surface area contributed by atoms with E-state index in [1.165, 1.54) is 109 Å². The van der Waals surface area contributed by atoms with E-state index < -0.39 is 13.9 Å². The molecule has 8 nitrogen and oxygen atoms in total. The zero-order valence-electron chi connectivity index (χ0n) is 31.5. The minimum atomic E-state index is -4.26. The van der Waals surface area contributed by atoms with Gasteiger partial charge >= 0.3 is 13.8 Å². The van der Waals surface area contributed by atoms with Crippen molar-refractivity contribution in [3.8, 4) is 0 Å². The summed E-state index contributed by atoms with van der Waals surface area (Å²) in [5.41, 5.74) is 0. The van der Waals surface area contributed by atoms with Crippen LogP contribution >= 0.6 is 7.82 Å². The van der Waals surface area contributed by atoms with E-state index >= 15 is 0 Å². The van der Waals surface area contributed by atoms with Gasteiger partial charge in [-0.3, -0.25) is 13.8 Å². The highest BCUT2D eigenvalue weighted by atomic mass is 31.2. The summed E-state index contributed by atoms with van der Waals surface area (Å²) in [6, 6.07) is 0. The molecule has 0 bridgehead atoms. The van der Waals surface area contributed by atoms with Crippen LogP contribution in [0.4, 0.5) is 0 Å². The first-order chi connectivity index (χ1) is 22.6. The number of ether oxygens (including phenoxy) is 2. The molecular weight excluding hydrogens is 613 g/mol. The Labute approximate surface area is 290 Å². The molecule has 0 aliphatic rings. The third kappa shape index (κ3) is 36.3. The van der Waals surface area contributed by atoms with Gasteiger partial charge in [0.05, 0.1) is 34.4 Å². The van der Waals surface area contributed by atoms with Gasteiger partial charge < -0.3 is 18.9 Å². The van der Waals surface area contributed by atoms with E-state index in [4.69, 9.17) is 18.5 Å². The molecule has 0 aliphatic heterocycles. The first-order valence-corrected chi connectivity index (χ1v) is 20.9. The van der Waals surface area contributed by atoms with Crippen LogP contribution in [0, 0.1) is 0 Å². The number of carbonyl (C=O) groups excluding carboxylic acids is 1. The fourth-order valence-electron chi connectivity index (χ4n) is 5.25. The van der Waals surface area contributed by atoms with Gasteiger partial charge in [-0.1, -0.05) is 135 Å². The van der Waals surface area contributed by atoms with Crippen LogP contribution in [0.15, 0.2) is 12.2 Å². The molecule has 0 amide bonds. The average Bonchev–Trinajstić information content (AvgIpc) is 3.01. The number of phosphoric ester groups is 1.